The number of nitrogens with zero attached hydrogens (tertiary/aromatic N) is 2. The van der Waals surface area contributed by atoms with Crippen molar-refractivity contribution in [3.8, 4) is 0 Å². The summed E-state index contributed by atoms with van der Waals surface area (Å²) in [5.41, 5.74) is 2.34. The topological polar surface area (TPSA) is 64.0 Å². The van der Waals surface area contributed by atoms with Crippen LogP contribution in [0.2, 0.25) is 0 Å². The Hall–Kier alpha value is -2.43. The highest BCUT2D eigenvalue weighted by atomic mass is 16.2. The summed E-state index contributed by atoms with van der Waals surface area (Å²) in [5.74, 6) is 0.178. The van der Waals surface area contributed by atoms with Crippen LogP contribution in [-0.2, 0) is 11.3 Å². The maximum atomic E-state index is 12.0. The molecule has 0 saturated carbocycles. The van der Waals surface area contributed by atoms with Gasteiger partial charge in [0.2, 0.25) is 5.91 Å². The van der Waals surface area contributed by atoms with Crippen molar-refractivity contribution in [2.45, 2.75) is 33.2 Å². The number of aryl methyl sites for hydroxylation is 1. The van der Waals surface area contributed by atoms with E-state index in [0.717, 1.165) is 4.68 Å². The summed E-state index contributed by atoms with van der Waals surface area (Å²) in [6.07, 6.45) is 0. The van der Waals surface area contributed by atoms with Gasteiger partial charge < -0.3 is 5.32 Å². The predicted octanol–water partition coefficient (Wildman–Crippen LogP) is 2.31. The van der Waals surface area contributed by atoms with E-state index in [0.29, 0.717) is 17.3 Å². The van der Waals surface area contributed by atoms with Crippen LogP contribution in [0.3, 0.4) is 0 Å². The van der Waals surface area contributed by atoms with E-state index in [-0.39, 0.29) is 18.0 Å². The van der Waals surface area contributed by atoms with Gasteiger partial charge in [-0.1, -0.05) is 26.0 Å². The van der Waals surface area contributed by atoms with E-state index in [4.69, 9.17) is 0 Å². The quantitative estimate of drug-likeness (QED) is 0.937. The Balaban J connectivity index is 2.04. The number of anilines is 1. The van der Waals surface area contributed by atoms with Gasteiger partial charge in [-0.2, -0.15) is 5.10 Å². The van der Waals surface area contributed by atoms with Crippen molar-refractivity contribution in [3.63, 3.8) is 0 Å². The zero-order valence-corrected chi connectivity index (χ0v) is 12.5. The van der Waals surface area contributed by atoms with E-state index < -0.39 is 0 Å². The molecule has 0 radical (unpaired) electrons. The molecule has 0 unspecified atom stereocenters. The third kappa shape index (κ3) is 4.02. The molecule has 1 aromatic carbocycles. The SMILES string of the molecule is Cc1ccc(=O)n(CC(=O)Nc2ccc(C(C)C)cc2)n1. The molecule has 0 spiro atoms. The molecule has 1 aromatic heterocycles. The Labute approximate surface area is 123 Å². The van der Waals surface area contributed by atoms with E-state index >= 15 is 0 Å². The normalized spacial score (nSPS) is 10.7. The predicted molar refractivity (Wildman–Crippen MR) is 82.4 cm³/mol. The first-order valence-electron chi connectivity index (χ1n) is 6.90. The fraction of sp³-hybridized carbons (Fsp3) is 0.312. The minimum absolute atomic E-state index is 0.0908. The summed E-state index contributed by atoms with van der Waals surface area (Å²) < 4.78 is 1.16. The molecule has 1 amide bonds. The number of nitrogens with one attached hydrogen (secondary N) is 1. The van der Waals surface area contributed by atoms with Crippen molar-refractivity contribution in [2.24, 2.45) is 0 Å². The lowest BCUT2D eigenvalue weighted by Gasteiger charge is -2.09. The molecule has 0 bridgehead atoms. The van der Waals surface area contributed by atoms with Gasteiger partial charge in [-0.15, -0.1) is 0 Å². The number of rotatable bonds is 4. The van der Waals surface area contributed by atoms with Crippen LogP contribution in [0.4, 0.5) is 5.69 Å². The third-order valence-electron chi connectivity index (χ3n) is 3.15. The lowest BCUT2D eigenvalue weighted by atomic mass is 10.0. The van der Waals surface area contributed by atoms with Crippen LogP contribution < -0.4 is 10.9 Å². The van der Waals surface area contributed by atoms with E-state index in [1.165, 1.54) is 11.6 Å². The van der Waals surface area contributed by atoms with Crippen molar-refractivity contribution < 1.29 is 4.79 Å². The van der Waals surface area contributed by atoms with Gasteiger partial charge in [0.1, 0.15) is 6.54 Å². The average molecular weight is 285 g/mol. The van der Waals surface area contributed by atoms with Gasteiger partial charge in [-0.3, -0.25) is 9.59 Å². The van der Waals surface area contributed by atoms with E-state index in [1.807, 2.05) is 24.3 Å². The molecule has 0 saturated heterocycles. The monoisotopic (exact) mass is 285 g/mol. The summed E-state index contributed by atoms with van der Waals surface area (Å²) >= 11 is 0. The van der Waals surface area contributed by atoms with Crippen molar-refractivity contribution in [1.82, 2.24) is 9.78 Å². The number of carbonyl (C=O) groups excluding carboxylic acids is 1. The Morgan fingerprint density at radius 1 is 1.19 bits per heavy atom. The Morgan fingerprint density at radius 2 is 1.86 bits per heavy atom. The molecule has 2 rings (SSSR count). The lowest BCUT2D eigenvalue weighted by Crippen LogP contribution is -2.29. The second-order valence-corrected chi connectivity index (χ2v) is 5.30. The van der Waals surface area contributed by atoms with Gasteiger partial charge in [0.15, 0.2) is 0 Å². The van der Waals surface area contributed by atoms with E-state index in [2.05, 4.69) is 24.3 Å². The zero-order valence-electron chi connectivity index (χ0n) is 12.5. The van der Waals surface area contributed by atoms with Gasteiger partial charge in [0.05, 0.1) is 5.69 Å². The van der Waals surface area contributed by atoms with Crippen molar-refractivity contribution >= 4 is 11.6 Å². The van der Waals surface area contributed by atoms with E-state index in [9.17, 15) is 9.59 Å². The van der Waals surface area contributed by atoms with Gasteiger partial charge in [0.25, 0.3) is 5.56 Å². The van der Waals surface area contributed by atoms with Crippen molar-refractivity contribution in [2.75, 3.05) is 5.32 Å². The summed E-state index contributed by atoms with van der Waals surface area (Å²) in [7, 11) is 0. The van der Waals surface area contributed by atoms with Crippen molar-refractivity contribution in [3.05, 3.63) is 58.0 Å². The third-order valence-corrected chi connectivity index (χ3v) is 3.15. The highest BCUT2D eigenvalue weighted by Crippen LogP contribution is 2.17. The molecule has 1 heterocycles. The second kappa shape index (κ2) is 6.35. The molecule has 5 nitrogen and oxygen atoms in total. The summed E-state index contributed by atoms with van der Waals surface area (Å²) in [6.45, 7) is 5.91. The second-order valence-electron chi connectivity index (χ2n) is 5.30. The maximum Gasteiger partial charge on any atom is 0.267 e. The average Bonchev–Trinajstić information content (AvgIpc) is 2.43. The minimum Gasteiger partial charge on any atom is -0.324 e. The van der Waals surface area contributed by atoms with Crippen LogP contribution >= 0.6 is 0 Å². The Bertz CT molecular complexity index is 687. The van der Waals surface area contributed by atoms with E-state index in [1.54, 1.807) is 13.0 Å². The fourth-order valence-corrected chi connectivity index (χ4v) is 1.95. The van der Waals surface area contributed by atoms with Crippen LogP contribution in [0, 0.1) is 6.92 Å². The first-order valence-corrected chi connectivity index (χ1v) is 6.90. The molecule has 0 aliphatic rings. The molecule has 0 atom stereocenters. The first kappa shape index (κ1) is 15.0. The van der Waals surface area contributed by atoms with Gasteiger partial charge in [0, 0.05) is 11.8 Å². The van der Waals surface area contributed by atoms with Crippen LogP contribution in [0.25, 0.3) is 0 Å². The molecular formula is C16H19N3O2. The molecular weight excluding hydrogens is 266 g/mol. The number of aromatic nitrogens is 2. The maximum absolute atomic E-state index is 12.0. The fourth-order valence-electron chi connectivity index (χ4n) is 1.95. The largest absolute Gasteiger partial charge is 0.324 e. The van der Waals surface area contributed by atoms with Gasteiger partial charge >= 0.3 is 0 Å². The van der Waals surface area contributed by atoms with Gasteiger partial charge in [-0.05, 0) is 36.6 Å². The molecule has 0 aliphatic carbocycles. The standard InChI is InChI=1S/C16H19N3O2/c1-11(2)13-5-7-14(8-6-13)17-15(20)10-19-16(21)9-4-12(3)18-19/h4-9,11H,10H2,1-3H3,(H,17,20). The van der Waals surface area contributed by atoms with Crippen LogP contribution in [0.5, 0.6) is 0 Å². The highest BCUT2D eigenvalue weighted by Gasteiger charge is 2.07. The highest BCUT2D eigenvalue weighted by molar-refractivity contribution is 5.90. The number of benzene rings is 1. The number of hydrogen-bond donors (Lipinski definition) is 1. The molecule has 0 fully saturated rings. The molecule has 0 aliphatic heterocycles. The molecule has 1 N–H and O–H groups in total. The smallest absolute Gasteiger partial charge is 0.267 e. The first-order chi connectivity index (χ1) is 9.95. The van der Waals surface area contributed by atoms with Crippen LogP contribution in [0.1, 0.15) is 31.0 Å². The van der Waals surface area contributed by atoms with Crippen LogP contribution in [-0.4, -0.2) is 15.7 Å². The summed E-state index contributed by atoms with van der Waals surface area (Å²) in [4.78, 5) is 23.6. The van der Waals surface area contributed by atoms with Crippen LogP contribution in [0.15, 0.2) is 41.2 Å². The molecule has 2 aromatic rings. The molecule has 110 valence electrons. The molecule has 5 heteroatoms. The van der Waals surface area contributed by atoms with Crippen molar-refractivity contribution in [1.29, 1.82) is 0 Å². The van der Waals surface area contributed by atoms with Gasteiger partial charge in [-0.25, -0.2) is 4.68 Å². The Morgan fingerprint density at radius 3 is 2.48 bits per heavy atom. The summed E-state index contributed by atoms with van der Waals surface area (Å²) in [6, 6.07) is 10.7. The number of hydrogen-bond acceptors (Lipinski definition) is 3. The Kier molecular flexibility index (Phi) is 4.52. The number of carbonyl (C=O) groups is 1. The number of amides is 1. The minimum atomic E-state index is -0.286. The zero-order chi connectivity index (χ0) is 15.4. The summed E-state index contributed by atoms with van der Waals surface area (Å²) in [5, 5.41) is 6.80. The molecule has 21 heavy (non-hydrogen) atoms. The lowest BCUT2D eigenvalue weighted by molar-refractivity contribution is -0.117.